The fourth-order valence-corrected chi connectivity index (χ4v) is 4.00. The average molecular weight is 476 g/mol. The fraction of sp³-hybridized carbons (Fsp3) is 0.160. The van der Waals surface area contributed by atoms with E-state index in [0.29, 0.717) is 17.3 Å². The molecule has 0 unspecified atom stereocenters. The fourth-order valence-electron chi connectivity index (χ4n) is 3.30. The first-order valence-corrected chi connectivity index (χ1v) is 11.5. The number of hydrogen-bond donors (Lipinski definition) is 2. The minimum atomic E-state index is -0.324. The van der Waals surface area contributed by atoms with E-state index in [9.17, 15) is 9.18 Å². The maximum atomic E-state index is 13.1. The number of anilines is 2. The van der Waals surface area contributed by atoms with E-state index in [-0.39, 0.29) is 17.1 Å². The predicted molar refractivity (Wildman–Crippen MR) is 130 cm³/mol. The lowest BCUT2D eigenvalue weighted by molar-refractivity contribution is -0.120. The molecule has 172 valence electrons. The normalized spacial score (nSPS) is 14.0. The zero-order chi connectivity index (χ0) is 23.7. The number of hydrazine groups is 1. The summed E-state index contributed by atoms with van der Waals surface area (Å²) >= 11 is 1.35. The highest BCUT2D eigenvalue weighted by atomic mass is 32.2. The van der Waals surface area contributed by atoms with Crippen LogP contribution in [0.5, 0.6) is 0 Å². The van der Waals surface area contributed by atoms with Gasteiger partial charge in [0, 0.05) is 39.1 Å². The van der Waals surface area contributed by atoms with E-state index < -0.39 is 0 Å². The molecule has 0 radical (unpaired) electrons. The van der Waals surface area contributed by atoms with Gasteiger partial charge < -0.3 is 9.84 Å². The molecule has 4 aromatic rings. The van der Waals surface area contributed by atoms with E-state index >= 15 is 0 Å². The number of amides is 1. The maximum absolute atomic E-state index is 13.1. The third kappa shape index (κ3) is 4.80. The molecule has 0 aliphatic heterocycles. The van der Waals surface area contributed by atoms with Crippen molar-refractivity contribution in [3.05, 3.63) is 78.6 Å². The van der Waals surface area contributed by atoms with Gasteiger partial charge in [-0.05, 0) is 79.6 Å². The highest BCUT2D eigenvalue weighted by Crippen LogP contribution is 2.45. The van der Waals surface area contributed by atoms with Crippen LogP contribution >= 0.6 is 11.9 Å². The Morgan fingerprint density at radius 1 is 1.09 bits per heavy atom. The first kappa shape index (κ1) is 22.1. The molecular weight excluding hydrogens is 453 g/mol. The summed E-state index contributed by atoms with van der Waals surface area (Å²) in [5.74, 6) is 6.75. The Kier molecular flexibility index (Phi) is 5.80. The van der Waals surface area contributed by atoms with Crippen LogP contribution in [0, 0.1) is 11.2 Å². The van der Waals surface area contributed by atoms with Gasteiger partial charge in [0.1, 0.15) is 5.82 Å². The molecule has 1 aliphatic rings. The SMILES string of the molecule is CC1(C(=O)Nc2cccc(N(N)Sc3ccc(-c4noc(-c5ccc(F)cc5)n4)cc3)c2)CC1. The number of carbonyl (C=O) groups excluding carboxylic acids is 1. The molecule has 0 saturated heterocycles. The zero-order valence-electron chi connectivity index (χ0n) is 18.4. The second kappa shape index (κ2) is 8.92. The molecule has 1 aromatic heterocycles. The largest absolute Gasteiger partial charge is 0.334 e. The van der Waals surface area contributed by atoms with Crippen molar-refractivity contribution in [3.8, 4) is 22.8 Å². The first-order chi connectivity index (χ1) is 16.4. The van der Waals surface area contributed by atoms with E-state index in [0.717, 1.165) is 34.7 Å². The molecule has 34 heavy (non-hydrogen) atoms. The van der Waals surface area contributed by atoms with Gasteiger partial charge in [-0.1, -0.05) is 18.1 Å². The molecule has 1 amide bonds. The molecule has 1 fully saturated rings. The van der Waals surface area contributed by atoms with Gasteiger partial charge in [-0.25, -0.2) is 14.6 Å². The summed E-state index contributed by atoms with van der Waals surface area (Å²) in [6.07, 6.45) is 1.84. The summed E-state index contributed by atoms with van der Waals surface area (Å²) in [7, 11) is 0. The van der Waals surface area contributed by atoms with Crippen molar-refractivity contribution in [2.75, 3.05) is 9.73 Å². The maximum Gasteiger partial charge on any atom is 0.258 e. The number of aromatic nitrogens is 2. The molecule has 3 aromatic carbocycles. The molecule has 0 bridgehead atoms. The first-order valence-electron chi connectivity index (χ1n) is 10.7. The van der Waals surface area contributed by atoms with Crippen LogP contribution in [0.25, 0.3) is 22.8 Å². The Bertz CT molecular complexity index is 1320. The summed E-state index contributed by atoms with van der Waals surface area (Å²) in [6.45, 7) is 1.97. The van der Waals surface area contributed by atoms with Crippen molar-refractivity contribution in [2.45, 2.75) is 24.7 Å². The van der Waals surface area contributed by atoms with Crippen LogP contribution in [0.2, 0.25) is 0 Å². The molecule has 1 saturated carbocycles. The van der Waals surface area contributed by atoms with Crippen LogP contribution in [0.15, 0.2) is 82.2 Å². The van der Waals surface area contributed by atoms with Crippen molar-refractivity contribution < 1.29 is 13.7 Å². The van der Waals surface area contributed by atoms with E-state index in [1.165, 1.54) is 24.1 Å². The number of rotatable bonds is 7. The van der Waals surface area contributed by atoms with Gasteiger partial charge in [0.25, 0.3) is 5.89 Å². The van der Waals surface area contributed by atoms with Crippen LogP contribution in [-0.4, -0.2) is 16.0 Å². The second-order valence-electron chi connectivity index (χ2n) is 8.44. The Morgan fingerprint density at radius 2 is 1.79 bits per heavy atom. The third-order valence-corrected chi connectivity index (χ3v) is 6.63. The Hall–Kier alpha value is -3.69. The average Bonchev–Trinajstić information content (AvgIpc) is 3.41. The molecule has 5 rings (SSSR count). The number of benzene rings is 3. The van der Waals surface area contributed by atoms with Gasteiger partial charge in [-0.3, -0.25) is 4.79 Å². The van der Waals surface area contributed by atoms with Crippen LogP contribution in [0.1, 0.15) is 19.8 Å². The lowest BCUT2D eigenvalue weighted by Crippen LogP contribution is -2.23. The van der Waals surface area contributed by atoms with Crippen molar-refractivity contribution in [3.63, 3.8) is 0 Å². The highest BCUT2D eigenvalue weighted by molar-refractivity contribution is 8.00. The molecule has 9 heteroatoms. The lowest BCUT2D eigenvalue weighted by atomic mass is 10.1. The molecule has 7 nitrogen and oxygen atoms in total. The number of halogens is 1. The van der Waals surface area contributed by atoms with Crippen molar-refractivity contribution >= 4 is 29.2 Å². The topological polar surface area (TPSA) is 97.3 Å². The summed E-state index contributed by atoms with van der Waals surface area (Å²) in [5, 5.41) is 7.00. The Labute approximate surface area is 200 Å². The minimum absolute atomic E-state index is 0.0421. The summed E-state index contributed by atoms with van der Waals surface area (Å²) < 4.78 is 20.0. The molecule has 1 aliphatic carbocycles. The van der Waals surface area contributed by atoms with Gasteiger partial charge in [0.15, 0.2) is 0 Å². The van der Waals surface area contributed by atoms with Gasteiger partial charge >= 0.3 is 0 Å². The number of carbonyl (C=O) groups is 1. The standard InChI is InChI=1S/C25H22FN5O2S/c1-25(13-14-25)24(32)28-19-3-2-4-20(15-19)31(27)34-21-11-7-16(8-12-21)22-29-23(33-30-22)17-5-9-18(26)10-6-17/h2-12,15H,13-14,27H2,1H3,(H,28,32). The van der Waals surface area contributed by atoms with E-state index in [2.05, 4.69) is 15.5 Å². The number of nitrogens with one attached hydrogen (secondary N) is 1. The molecule has 3 N–H and O–H groups in total. The van der Waals surface area contributed by atoms with Crippen LogP contribution in [-0.2, 0) is 4.79 Å². The summed E-state index contributed by atoms with van der Waals surface area (Å²) in [5.41, 5.74) is 2.66. The van der Waals surface area contributed by atoms with Crippen molar-refractivity contribution in [2.24, 2.45) is 11.3 Å². The number of nitrogens with zero attached hydrogens (tertiary/aromatic N) is 3. The lowest BCUT2D eigenvalue weighted by Gasteiger charge is -2.18. The van der Waals surface area contributed by atoms with Crippen LogP contribution in [0.3, 0.4) is 0 Å². The van der Waals surface area contributed by atoms with Crippen LogP contribution in [0.4, 0.5) is 15.8 Å². The van der Waals surface area contributed by atoms with Crippen LogP contribution < -0.4 is 15.6 Å². The second-order valence-corrected chi connectivity index (χ2v) is 9.48. The summed E-state index contributed by atoms with van der Waals surface area (Å²) in [6, 6.07) is 20.9. The summed E-state index contributed by atoms with van der Waals surface area (Å²) in [4.78, 5) is 17.6. The molecule has 1 heterocycles. The number of hydrogen-bond acceptors (Lipinski definition) is 7. The Morgan fingerprint density at radius 3 is 2.50 bits per heavy atom. The highest BCUT2D eigenvalue weighted by Gasteiger charge is 2.44. The molecular formula is C25H22FN5O2S. The quantitative estimate of drug-likeness (QED) is 0.202. The van der Waals surface area contributed by atoms with E-state index in [1.807, 2.05) is 55.5 Å². The molecule has 0 spiro atoms. The van der Waals surface area contributed by atoms with Crippen molar-refractivity contribution in [1.29, 1.82) is 0 Å². The number of nitrogens with two attached hydrogens (primary N) is 1. The van der Waals surface area contributed by atoms with E-state index in [4.69, 9.17) is 10.4 Å². The van der Waals surface area contributed by atoms with Crippen molar-refractivity contribution in [1.82, 2.24) is 10.1 Å². The predicted octanol–water partition coefficient (Wildman–Crippen LogP) is 5.67. The smallest absolute Gasteiger partial charge is 0.258 e. The zero-order valence-corrected chi connectivity index (χ0v) is 19.2. The molecule has 0 atom stereocenters. The minimum Gasteiger partial charge on any atom is -0.334 e. The van der Waals surface area contributed by atoms with Gasteiger partial charge in [0.05, 0.1) is 5.69 Å². The van der Waals surface area contributed by atoms with E-state index in [1.54, 1.807) is 16.5 Å². The van der Waals surface area contributed by atoms with Gasteiger partial charge in [-0.15, -0.1) is 0 Å². The van der Waals surface area contributed by atoms with Gasteiger partial charge in [-0.2, -0.15) is 4.98 Å². The third-order valence-electron chi connectivity index (χ3n) is 5.74. The van der Waals surface area contributed by atoms with Gasteiger partial charge in [0.2, 0.25) is 11.7 Å². The Balaban J connectivity index is 1.24. The monoisotopic (exact) mass is 475 g/mol.